The molecule has 0 unspecified atom stereocenters. The topological polar surface area (TPSA) is 20.3 Å². The zero-order chi connectivity index (χ0) is 14.2. The van der Waals surface area contributed by atoms with Crippen molar-refractivity contribution in [2.45, 2.75) is 25.7 Å². The van der Waals surface area contributed by atoms with Gasteiger partial charge in [-0.05, 0) is 35.6 Å². The molecule has 2 aromatic carbocycles. The number of fused-ring (bicyclic) bond motifs is 1. The Kier molecular flexibility index (Phi) is 3.09. The summed E-state index contributed by atoms with van der Waals surface area (Å²) in [5.41, 5.74) is 3.19. The summed E-state index contributed by atoms with van der Waals surface area (Å²) in [4.78, 5) is 14.6. The molecule has 0 atom stereocenters. The van der Waals surface area contributed by atoms with Crippen molar-refractivity contribution in [1.82, 2.24) is 0 Å². The van der Waals surface area contributed by atoms with Gasteiger partial charge in [-0.2, -0.15) is 0 Å². The Morgan fingerprint density at radius 1 is 1.00 bits per heavy atom. The number of hydrogen-bond acceptors (Lipinski definition) is 1. The summed E-state index contributed by atoms with van der Waals surface area (Å²) in [5.74, 6) is 0.0913. The Bertz CT molecular complexity index is 631. The first-order chi connectivity index (χ1) is 9.59. The first-order valence-corrected chi connectivity index (χ1v) is 7.06. The van der Waals surface area contributed by atoms with Crippen LogP contribution in [0.25, 0.3) is 0 Å². The van der Waals surface area contributed by atoms with Crippen molar-refractivity contribution in [2.75, 3.05) is 11.4 Å². The molecule has 0 aromatic heterocycles. The number of nitrogens with zero attached hydrogens (tertiary/aromatic N) is 1. The van der Waals surface area contributed by atoms with Gasteiger partial charge in [-0.3, -0.25) is 4.79 Å². The van der Waals surface area contributed by atoms with E-state index in [0.717, 1.165) is 24.2 Å². The van der Waals surface area contributed by atoms with Crippen molar-refractivity contribution in [3.05, 3.63) is 65.7 Å². The number of anilines is 1. The van der Waals surface area contributed by atoms with E-state index in [1.54, 1.807) is 0 Å². The molecule has 20 heavy (non-hydrogen) atoms. The van der Waals surface area contributed by atoms with E-state index < -0.39 is 0 Å². The van der Waals surface area contributed by atoms with E-state index >= 15 is 0 Å². The summed E-state index contributed by atoms with van der Waals surface area (Å²) in [5, 5.41) is 0. The summed E-state index contributed by atoms with van der Waals surface area (Å²) in [6.07, 6.45) is 0.989. The van der Waals surface area contributed by atoms with Gasteiger partial charge in [-0.1, -0.05) is 50.2 Å². The molecule has 2 aromatic rings. The SMILES string of the molecule is CC1(C)CCN(C(=O)c2ccccc2)c2ccccc21. The van der Waals surface area contributed by atoms with Gasteiger partial charge in [0.15, 0.2) is 0 Å². The largest absolute Gasteiger partial charge is 0.308 e. The highest BCUT2D eigenvalue weighted by Crippen LogP contribution is 2.39. The van der Waals surface area contributed by atoms with Crippen LogP contribution < -0.4 is 4.90 Å². The Morgan fingerprint density at radius 2 is 1.65 bits per heavy atom. The van der Waals surface area contributed by atoms with E-state index in [-0.39, 0.29) is 11.3 Å². The highest BCUT2D eigenvalue weighted by molar-refractivity contribution is 6.06. The second kappa shape index (κ2) is 4.78. The molecule has 1 heterocycles. The normalized spacial score (nSPS) is 16.6. The monoisotopic (exact) mass is 265 g/mol. The van der Waals surface area contributed by atoms with Gasteiger partial charge >= 0.3 is 0 Å². The van der Waals surface area contributed by atoms with Crippen LogP contribution in [0.15, 0.2) is 54.6 Å². The third kappa shape index (κ3) is 2.11. The number of carbonyl (C=O) groups excluding carboxylic acids is 1. The fourth-order valence-corrected chi connectivity index (χ4v) is 2.88. The number of hydrogen-bond donors (Lipinski definition) is 0. The van der Waals surface area contributed by atoms with Crippen molar-refractivity contribution in [3.63, 3.8) is 0 Å². The zero-order valence-corrected chi connectivity index (χ0v) is 12.0. The molecule has 102 valence electrons. The molecule has 0 spiro atoms. The van der Waals surface area contributed by atoms with Crippen LogP contribution in [0.4, 0.5) is 5.69 Å². The maximum Gasteiger partial charge on any atom is 0.258 e. The molecule has 1 amide bonds. The van der Waals surface area contributed by atoms with Crippen molar-refractivity contribution in [2.24, 2.45) is 0 Å². The third-order valence-electron chi connectivity index (χ3n) is 4.15. The van der Waals surface area contributed by atoms with Crippen molar-refractivity contribution in [3.8, 4) is 0 Å². The van der Waals surface area contributed by atoms with Crippen LogP contribution in [0.5, 0.6) is 0 Å². The fourth-order valence-electron chi connectivity index (χ4n) is 2.88. The predicted molar refractivity (Wildman–Crippen MR) is 82.2 cm³/mol. The second-order valence-corrected chi connectivity index (χ2v) is 5.97. The summed E-state index contributed by atoms with van der Waals surface area (Å²) >= 11 is 0. The molecule has 0 fully saturated rings. The lowest BCUT2D eigenvalue weighted by Crippen LogP contribution is -2.41. The molecule has 1 aliphatic rings. The van der Waals surface area contributed by atoms with E-state index in [1.807, 2.05) is 41.3 Å². The Morgan fingerprint density at radius 3 is 2.40 bits per heavy atom. The first kappa shape index (κ1) is 12.9. The highest BCUT2D eigenvalue weighted by atomic mass is 16.2. The molecule has 2 heteroatoms. The average molecular weight is 265 g/mol. The Hall–Kier alpha value is -2.09. The summed E-state index contributed by atoms with van der Waals surface area (Å²) in [6.45, 7) is 5.27. The van der Waals surface area contributed by atoms with Gasteiger partial charge < -0.3 is 4.90 Å². The maximum atomic E-state index is 12.7. The van der Waals surface area contributed by atoms with Gasteiger partial charge in [0.2, 0.25) is 0 Å². The lowest BCUT2D eigenvalue weighted by Gasteiger charge is -2.39. The van der Waals surface area contributed by atoms with Gasteiger partial charge in [0.25, 0.3) is 5.91 Å². The van der Waals surface area contributed by atoms with E-state index in [1.165, 1.54) is 5.56 Å². The molecule has 1 aliphatic heterocycles. The fraction of sp³-hybridized carbons (Fsp3) is 0.278. The van der Waals surface area contributed by atoms with Crippen LogP contribution in [0.3, 0.4) is 0 Å². The molecular weight excluding hydrogens is 246 g/mol. The molecule has 0 saturated heterocycles. The lowest BCUT2D eigenvalue weighted by molar-refractivity contribution is 0.0982. The highest BCUT2D eigenvalue weighted by Gasteiger charge is 2.33. The molecule has 0 N–H and O–H groups in total. The van der Waals surface area contributed by atoms with Crippen LogP contribution in [-0.4, -0.2) is 12.5 Å². The molecule has 0 radical (unpaired) electrons. The van der Waals surface area contributed by atoms with Crippen LogP contribution >= 0.6 is 0 Å². The second-order valence-electron chi connectivity index (χ2n) is 5.97. The minimum Gasteiger partial charge on any atom is -0.308 e. The predicted octanol–water partition coefficient (Wildman–Crippen LogP) is 4.01. The molecular formula is C18H19NO. The van der Waals surface area contributed by atoms with Gasteiger partial charge in [0.1, 0.15) is 0 Å². The van der Waals surface area contributed by atoms with Crippen LogP contribution in [0.1, 0.15) is 36.2 Å². The van der Waals surface area contributed by atoms with Crippen molar-refractivity contribution >= 4 is 11.6 Å². The number of para-hydroxylation sites is 1. The number of rotatable bonds is 1. The van der Waals surface area contributed by atoms with Crippen LogP contribution in [0.2, 0.25) is 0 Å². The zero-order valence-electron chi connectivity index (χ0n) is 12.0. The van der Waals surface area contributed by atoms with Gasteiger partial charge in [-0.15, -0.1) is 0 Å². The van der Waals surface area contributed by atoms with Crippen molar-refractivity contribution in [1.29, 1.82) is 0 Å². The smallest absolute Gasteiger partial charge is 0.258 e. The van der Waals surface area contributed by atoms with E-state index in [4.69, 9.17) is 0 Å². The molecule has 0 bridgehead atoms. The van der Waals surface area contributed by atoms with Crippen LogP contribution in [0, 0.1) is 0 Å². The van der Waals surface area contributed by atoms with Crippen LogP contribution in [-0.2, 0) is 5.41 Å². The summed E-state index contributed by atoms with van der Waals surface area (Å²) < 4.78 is 0. The van der Waals surface area contributed by atoms with Gasteiger partial charge in [-0.25, -0.2) is 0 Å². The first-order valence-electron chi connectivity index (χ1n) is 7.06. The third-order valence-corrected chi connectivity index (χ3v) is 4.15. The minimum atomic E-state index is 0.0913. The quantitative estimate of drug-likeness (QED) is 0.762. The van der Waals surface area contributed by atoms with Crippen molar-refractivity contribution < 1.29 is 4.79 Å². The van der Waals surface area contributed by atoms with E-state index in [2.05, 4.69) is 32.0 Å². The number of amides is 1. The Balaban J connectivity index is 2.03. The molecule has 3 rings (SSSR count). The number of carbonyl (C=O) groups is 1. The Labute approximate surface area is 120 Å². The summed E-state index contributed by atoms with van der Waals surface area (Å²) in [7, 11) is 0. The standard InChI is InChI=1S/C18H19NO/c1-18(2)12-13-19(16-11-7-6-10-15(16)18)17(20)14-8-4-3-5-9-14/h3-11H,12-13H2,1-2H3. The molecule has 2 nitrogen and oxygen atoms in total. The van der Waals surface area contributed by atoms with Gasteiger partial charge in [0, 0.05) is 17.8 Å². The van der Waals surface area contributed by atoms with E-state index in [0.29, 0.717) is 0 Å². The average Bonchev–Trinajstić information content (AvgIpc) is 2.48. The maximum absolute atomic E-state index is 12.7. The molecule has 0 saturated carbocycles. The summed E-state index contributed by atoms with van der Waals surface area (Å²) in [6, 6.07) is 17.8. The number of benzene rings is 2. The van der Waals surface area contributed by atoms with E-state index in [9.17, 15) is 4.79 Å². The lowest BCUT2D eigenvalue weighted by atomic mass is 9.77. The minimum absolute atomic E-state index is 0.0913. The molecule has 0 aliphatic carbocycles. The van der Waals surface area contributed by atoms with Gasteiger partial charge in [0.05, 0.1) is 0 Å².